The van der Waals surface area contributed by atoms with E-state index in [0.29, 0.717) is 17.3 Å². The zero-order valence-corrected chi connectivity index (χ0v) is 16.1. The summed E-state index contributed by atoms with van der Waals surface area (Å²) in [4.78, 5) is 20.5. The van der Waals surface area contributed by atoms with Crippen LogP contribution in [0.3, 0.4) is 0 Å². The fraction of sp³-hybridized carbons (Fsp3) is 0.0952. The van der Waals surface area contributed by atoms with Gasteiger partial charge < -0.3 is 19.9 Å². The van der Waals surface area contributed by atoms with E-state index in [1.54, 1.807) is 24.3 Å². The van der Waals surface area contributed by atoms with Crippen molar-refractivity contribution in [2.75, 3.05) is 10.6 Å². The number of carbonyl (C=O) groups excluding carboxylic acids is 1. The van der Waals surface area contributed by atoms with Gasteiger partial charge >= 0.3 is 12.2 Å². The summed E-state index contributed by atoms with van der Waals surface area (Å²) in [6, 6.07) is 12.0. The fourth-order valence-electron chi connectivity index (χ4n) is 2.92. The molecule has 10 heteroatoms. The first-order valence-corrected chi connectivity index (χ1v) is 9.09. The molecule has 2 N–H and O–H groups in total. The third kappa shape index (κ3) is 4.58. The molecule has 0 aliphatic heterocycles. The Morgan fingerprint density at radius 3 is 2.48 bits per heavy atom. The molecule has 2 amide bonds. The summed E-state index contributed by atoms with van der Waals surface area (Å²) >= 11 is 0. The minimum absolute atomic E-state index is 0.0305. The van der Waals surface area contributed by atoms with Crippen LogP contribution >= 0.6 is 0 Å². The summed E-state index contributed by atoms with van der Waals surface area (Å²) in [5.41, 5.74) is 0.353. The Morgan fingerprint density at radius 2 is 1.74 bits per heavy atom. The van der Waals surface area contributed by atoms with Crippen LogP contribution in [0.5, 0.6) is 11.6 Å². The minimum Gasteiger partial charge on any atom is -0.438 e. The van der Waals surface area contributed by atoms with Gasteiger partial charge in [0.1, 0.15) is 17.7 Å². The van der Waals surface area contributed by atoms with Crippen molar-refractivity contribution in [3.05, 3.63) is 72.7 Å². The maximum atomic E-state index is 12.8. The molecule has 0 bridgehead atoms. The number of hydrogen-bond donors (Lipinski definition) is 2. The molecule has 4 aromatic rings. The summed E-state index contributed by atoms with van der Waals surface area (Å²) in [7, 11) is 1.87. The Bertz CT molecular complexity index is 1240. The van der Waals surface area contributed by atoms with E-state index in [-0.39, 0.29) is 5.69 Å². The van der Waals surface area contributed by atoms with Crippen molar-refractivity contribution in [3.63, 3.8) is 0 Å². The molecular formula is C21H16F3N5O2. The second-order valence-electron chi connectivity index (χ2n) is 6.63. The van der Waals surface area contributed by atoms with Gasteiger partial charge in [-0.05, 0) is 48.5 Å². The highest BCUT2D eigenvalue weighted by Crippen LogP contribution is 2.31. The van der Waals surface area contributed by atoms with Gasteiger partial charge in [0.2, 0.25) is 5.88 Å². The number of carbonyl (C=O) groups is 1. The first-order chi connectivity index (χ1) is 14.8. The van der Waals surface area contributed by atoms with Crippen molar-refractivity contribution >= 4 is 28.4 Å². The van der Waals surface area contributed by atoms with Gasteiger partial charge in [0.25, 0.3) is 0 Å². The number of ether oxygens (including phenoxy) is 1. The molecule has 0 aliphatic rings. The molecule has 0 unspecified atom stereocenters. The molecule has 31 heavy (non-hydrogen) atoms. The molecule has 0 saturated carbocycles. The molecule has 0 atom stereocenters. The topological polar surface area (TPSA) is 81.1 Å². The lowest BCUT2D eigenvalue weighted by atomic mass is 10.2. The maximum Gasteiger partial charge on any atom is 0.416 e. The molecule has 0 saturated heterocycles. The van der Waals surface area contributed by atoms with E-state index in [1.807, 2.05) is 23.9 Å². The predicted molar refractivity (Wildman–Crippen MR) is 109 cm³/mol. The molecule has 4 rings (SSSR count). The van der Waals surface area contributed by atoms with Gasteiger partial charge in [0, 0.05) is 24.6 Å². The van der Waals surface area contributed by atoms with E-state index in [9.17, 15) is 18.0 Å². The quantitative estimate of drug-likeness (QED) is 0.456. The molecular weight excluding hydrogens is 411 g/mol. The number of alkyl halides is 3. The first kappa shape index (κ1) is 20.2. The van der Waals surface area contributed by atoms with Crippen LogP contribution < -0.4 is 15.4 Å². The van der Waals surface area contributed by atoms with E-state index in [2.05, 4.69) is 20.6 Å². The normalized spacial score (nSPS) is 11.4. The Hall–Kier alpha value is -4.08. The second-order valence-corrected chi connectivity index (χ2v) is 6.63. The van der Waals surface area contributed by atoms with Gasteiger partial charge in [-0.3, -0.25) is 0 Å². The largest absolute Gasteiger partial charge is 0.438 e. The van der Waals surface area contributed by atoms with Crippen LogP contribution in [0.25, 0.3) is 11.0 Å². The van der Waals surface area contributed by atoms with Crippen LogP contribution in [-0.4, -0.2) is 20.6 Å². The monoisotopic (exact) mass is 427 g/mol. The summed E-state index contributed by atoms with van der Waals surface area (Å²) < 4.78 is 46.0. The van der Waals surface area contributed by atoms with E-state index >= 15 is 0 Å². The highest BCUT2D eigenvalue weighted by Gasteiger charge is 2.30. The fourth-order valence-corrected chi connectivity index (χ4v) is 2.92. The molecule has 0 spiro atoms. The number of nitrogens with zero attached hydrogens (tertiary/aromatic N) is 3. The number of nitrogens with one attached hydrogen (secondary N) is 2. The Morgan fingerprint density at radius 1 is 1.00 bits per heavy atom. The van der Waals surface area contributed by atoms with Crippen LogP contribution in [0.15, 0.2) is 67.1 Å². The van der Waals surface area contributed by atoms with Crippen LogP contribution in [0.4, 0.5) is 29.3 Å². The summed E-state index contributed by atoms with van der Waals surface area (Å²) in [6.07, 6.45) is -1.23. The Balaban J connectivity index is 1.41. The molecule has 0 fully saturated rings. The zero-order valence-electron chi connectivity index (χ0n) is 16.1. The van der Waals surface area contributed by atoms with E-state index in [4.69, 9.17) is 4.74 Å². The number of aryl methyl sites for hydroxylation is 1. The molecule has 2 heterocycles. The van der Waals surface area contributed by atoms with Gasteiger partial charge in [-0.25, -0.2) is 14.8 Å². The number of halogens is 3. The second kappa shape index (κ2) is 7.98. The SMILES string of the molecule is Cn1ccc2c(Oc3ccc(NC(=O)Nc4cccc(C(F)(F)F)c4)cc3)ncnc21. The molecule has 2 aromatic carbocycles. The van der Waals surface area contributed by atoms with Gasteiger partial charge in [-0.2, -0.15) is 13.2 Å². The van der Waals surface area contributed by atoms with Crippen LogP contribution in [0.1, 0.15) is 5.56 Å². The smallest absolute Gasteiger partial charge is 0.416 e. The minimum atomic E-state index is -4.49. The lowest BCUT2D eigenvalue weighted by Crippen LogP contribution is -2.19. The van der Waals surface area contributed by atoms with Crippen molar-refractivity contribution in [3.8, 4) is 11.6 Å². The number of amides is 2. The van der Waals surface area contributed by atoms with Crippen molar-refractivity contribution in [2.45, 2.75) is 6.18 Å². The van der Waals surface area contributed by atoms with Gasteiger partial charge in [-0.1, -0.05) is 6.07 Å². The number of anilines is 2. The van der Waals surface area contributed by atoms with Crippen LogP contribution in [0, 0.1) is 0 Å². The standard InChI is InChI=1S/C21H16F3N5O2/c1-29-10-9-17-18(29)25-12-26-19(17)31-16-7-5-14(6-8-16)27-20(30)28-15-4-2-3-13(11-15)21(22,23)24/h2-12H,1H3,(H2,27,28,30). The van der Waals surface area contributed by atoms with E-state index in [1.165, 1.54) is 18.5 Å². The molecule has 0 radical (unpaired) electrons. The average Bonchev–Trinajstić information content (AvgIpc) is 3.11. The molecule has 2 aromatic heterocycles. The van der Waals surface area contributed by atoms with Crippen molar-refractivity contribution in [1.82, 2.24) is 14.5 Å². The maximum absolute atomic E-state index is 12.8. The number of benzene rings is 2. The zero-order chi connectivity index (χ0) is 22.0. The van der Waals surface area contributed by atoms with Crippen molar-refractivity contribution < 1.29 is 22.7 Å². The molecule has 158 valence electrons. The Kier molecular flexibility index (Phi) is 5.20. The lowest BCUT2D eigenvalue weighted by Gasteiger charge is -2.11. The number of rotatable bonds is 4. The van der Waals surface area contributed by atoms with E-state index < -0.39 is 17.8 Å². The number of fused-ring (bicyclic) bond motifs is 1. The lowest BCUT2D eigenvalue weighted by molar-refractivity contribution is -0.137. The van der Waals surface area contributed by atoms with E-state index in [0.717, 1.165) is 23.2 Å². The predicted octanol–water partition coefficient (Wildman–Crippen LogP) is 5.42. The molecule has 0 aliphatic carbocycles. The third-order valence-corrected chi connectivity index (χ3v) is 4.40. The number of aromatic nitrogens is 3. The van der Waals surface area contributed by atoms with Gasteiger partial charge in [0.15, 0.2) is 0 Å². The third-order valence-electron chi connectivity index (χ3n) is 4.40. The molecule has 7 nitrogen and oxygen atoms in total. The number of hydrogen-bond acceptors (Lipinski definition) is 4. The van der Waals surface area contributed by atoms with Gasteiger partial charge in [-0.15, -0.1) is 0 Å². The highest BCUT2D eigenvalue weighted by atomic mass is 19.4. The van der Waals surface area contributed by atoms with Crippen molar-refractivity contribution in [2.24, 2.45) is 7.05 Å². The van der Waals surface area contributed by atoms with Crippen molar-refractivity contribution in [1.29, 1.82) is 0 Å². The average molecular weight is 427 g/mol. The van der Waals surface area contributed by atoms with Crippen LogP contribution in [0.2, 0.25) is 0 Å². The highest BCUT2D eigenvalue weighted by molar-refractivity contribution is 5.99. The number of urea groups is 1. The summed E-state index contributed by atoms with van der Waals surface area (Å²) in [6.45, 7) is 0. The Labute approximate surface area is 174 Å². The van der Waals surface area contributed by atoms with Crippen LogP contribution in [-0.2, 0) is 13.2 Å². The first-order valence-electron chi connectivity index (χ1n) is 9.09. The summed E-state index contributed by atoms with van der Waals surface area (Å²) in [5, 5.41) is 5.69. The van der Waals surface area contributed by atoms with Gasteiger partial charge in [0.05, 0.1) is 10.9 Å². The summed E-state index contributed by atoms with van der Waals surface area (Å²) in [5.74, 6) is 0.890.